The van der Waals surface area contributed by atoms with Crippen LogP contribution >= 0.6 is 11.8 Å². The Morgan fingerprint density at radius 3 is 2.88 bits per heavy atom. The quantitative estimate of drug-likeness (QED) is 0.634. The molecule has 0 saturated carbocycles. The van der Waals surface area contributed by atoms with Crippen LogP contribution in [-0.2, 0) is 0 Å². The number of hydrogen-bond donors (Lipinski definition) is 1. The fraction of sp³-hybridized carbons (Fsp3) is 0.111. The normalized spacial score (nSPS) is 10.3. The fourth-order valence-corrected chi connectivity index (χ4v) is 1.52. The number of carboxylic acids is 1. The first-order valence-corrected chi connectivity index (χ1v) is 5.57. The number of carboxylic acid groups (broad SMARTS) is 1. The largest absolute Gasteiger partial charge is 0.476 e. The first-order valence-electron chi connectivity index (χ1n) is 4.34. The molecule has 1 N–H and O–H groups in total. The standard InChI is InChI=1S/C9H8N4O2S/c1-16-8-2-7(10-4-11-8)13-3-6(9(14)15)12-5-13/h2-5H,1H3,(H,14,15). The van der Waals surface area contributed by atoms with Crippen molar-refractivity contribution < 1.29 is 9.90 Å². The zero-order chi connectivity index (χ0) is 11.5. The summed E-state index contributed by atoms with van der Waals surface area (Å²) in [6.07, 6.45) is 6.16. The van der Waals surface area contributed by atoms with Crippen LogP contribution in [0.3, 0.4) is 0 Å². The molecule has 0 fully saturated rings. The molecule has 7 heteroatoms. The van der Waals surface area contributed by atoms with E-state index in [2.05, 4.69) is 15.0 Å². The maximum absolute atomic E-state index is 10.7. The first-order chi connectivity index (χ1) is 7.70. The summed E-state index contributed by atoms with van der Waals surface area (Å²) in [5, 5.41) is 9.55. The second-order valence-corrected chi connectivity index (χ2v) is 3.72. The molecule has 0 spiro atoms. The van der Waals surface area contributed by atoms with Crippen molar-refractivity contribution >= 4 is 17.7 Å². The smallest absolute Gasteiger partial charge is 0.356 e. The summed E-state index contributed by atoms with van der Waals surface area (Å²) in [6, 6.07) is 1.76. The minimum absolute atomic E-state index is 0.00989. The van der Waals surface area contributed by atoms with Crippen molar-refractivity contribution in [2.45, 2.75) is 5.03 Å². The summed E-state index contributed by atoms with van der Waals surface area (Å²) in [4.78, 5) is 22.5. The molecule has 16 heavy (non-hydrogen) atoms. The van der Waals surface area contributed by atoms with Gasteiger partial charge in [-0.05, 0) is 6.26 Å². The lowest BCUT2D eigenvalue weighted by Gasteiger charge is -2.01. The maximum Gasteiger partial charge on any atom is 0.356 e. The van der Waals surface area contributed by atoms with E-state index in [0.717, 1.165) is 5.03 Å². The monoisotopic (exact) mass is 236 g/mol. The topological polar surface area (TPSA) is 80.9 Å². The van der Waals surface area contributed by atoms with E-state index < -0.39 is 5.97 Å². The van der Waals surface area contributed by atoms with E-state index in [4.69, 9.17) is 5.11 Å². The number of aromatic nitrogens is 4. The van der Waals surface area contributed by atoms with Crippen molar-refractivity contribution in [3.63, 3.8) is 0 Å². The van der Waals surface area contributed by atoms with Crippen molar-refractivity contribution in [3.8, 4) is 5.82 Å². The molecule has 2 rings (SSSR count). The number of aromatic carboxylic acids is 1. The minimum Gasteiger partial charge on any atom is -0.476 e. The van der Waals surface area contributed by atoms with E-state index in [0.29, 0.717) is 5.82 Å². The molecular formula is C9H8N4O2S. The zero-order valence-corrected chi connectivity index (χ0v) is 9.18. The molecule has 2 heterocycles. The Hall–Kier alpha value is -1.89. The van der Waals surface area contributed by atoms with Gasteiger partial charge >= 0.3 is 5.97 Å². The van der Waals surface area contributed by atoms with E-state index in [9.17, 15) is 4.79 Å². The van der Waals surface area contributed by atoms with E-state index >= 15 is 0 Å². The highest BCUT2D eigenvalue weighted by Crippen LogP contribution is 2.13. The molecule has 0 amide bonds. The van der Waals surface area contributed by atoms with Gasteiger partial charge < -0.3 is 5.11 Å². The molecule has 0 bridgehead atoms. The molecule has 0 aliphatic rings. The highest BCUT2D eigenvalue weighted by Gasteiger charge is 2.08. The Morgan fingerprint density at radius 2 is 2.25 bits per heavy atom. The average Bonchev–Trinajstić information content (AvgIpc) is 2.78. The van der Waals surface area contributed by atoms with Crippen LogP contribution in [0.1, 0.15) is 10.5 Å². The molecule has 0 aliphatic heterocycles. The van der Waals surface area contributed by atoms with Gasteiger partial charge in [0, 0.05) is 12.3 Å². The molecular weight excluding hydrogens is 228 g/mol. The van der Waals surface area contributed by atoms with E-state index in [1.54, 1.807) is 10.6 Å². The van der Waals surface area contributed by atoms with Crippen molar-refractivity contribution in [1.29, 1.82) is 0 Å². The Balaban J connectivity index is 2.38. The summed E-state index contributed by atoms with van der Waals surface area (Å²) in [7, 11) is 0. The summed E-state index contributed by atoms with van der Waals surface area (Å²) in [6.45, 7) is 0. The molecule has 0 aromatic carbocycles. The van der Waals surface area contributed by atoms with Crippen LogP contribution in [0.5, 0.6) is 0 Å². The van der Waals surface area contributed by atoms with Crippen LogP contribution < -0.4 is 0 Å². The van der Waals surface area contributed by atoms with Crippen LogP contribution in [0.4, 0.5) is 0 Å². The number of rotatable bonds is 3. The van der Waals surface area contributed by atoms with Crippen molar-refractivity contribution in [3.05, 3.63) is 30.6 Å². The van der Waals surface area contributed by atoms with Gasteiger partial charge in [-0.2, -0.15) is 0 Å². The predicted molar refractivity (Wildman–Crippen MR) is 57.9 cm³/mol. The maximum atomic E-state index is 10.7. The van der Waals surface area contributed by atoms with E-state index in [1.807, 2.05) is 6.26 Å². The van der Waals surface area contributed by atoms with Crippen LogP contribution in [0.25, 0.3) is 5.82 Å². The van der Waals surface area contributed by atoms with E-state index in [-0.39, 0.29) is 5.69 Å². The van der Waals surface area contributed by atoms with Gasteiger partial charge in [0.15, 0.2) is 5.69 Å². The molecule has 2 aromatic heterocycles. The van der Waals surface area contributed by atoms with Gasteiger partial charge in [0.1, 0.15) is 23.5 Å². The Morgan fingerprint density at radius 1 is 1.44 bits per heavy atom. The van der Waals surface area contributed by atoms with Crippen molar-refractivity contribution in [2.24, 2.45) is 0 Å². The lowest BCUT2D eigenvalue weighted by Crippen LogP contribution is -1.97. The van der Waals surface area contributed by atoms with Gasteiger partial charge in [-0.3, -0.25) is 4.57 Å². The summed E-state index contributed by atoms with van der Waals surface area (Å²) < 4.78 is 1.55. The van der Waals surface area contributed by atoms with Gasteiger partial charge in [0.25, 0.3) is 0 Å². The molecule has 6 nitrogen and oxygen atoms in total. The lowest BCUT2D eigenvalue weighted by molar-refractivity contribution is 0.0691. The zero-order valence-electron chi connectivity index (χ0n) is 8.36. The van der Waals surface area contributed by atoms with Gasteiger partial charge in [-0.1, -0.05) is 0 Å². The second kappa shape index (κ2) is 4.31. The highest BCUT2D eigenvalue weighted by molar-refractivity contribution is 7.98. The lowest BCUT2D eigenvalue weighted by atomic mass is 10.5. The fourth-order valence-electron chi connectivity index (χ4n) is 1.14. The highest BCUT2D eigenvalue weighted by atomic mass is 32.2. The number of imidazole rings is 1. The summed E-state index contributed by atoms with van der Waals surface area (Å²) in [5.74, 6) is -0.461. The van der Waals surface area contributed by atoms with Gasteiger partial charge in [-0.15, -0.1) is 11.8 Å². The summed E-state index contributed by atoms with van der Waals surface area (Å²) in [5.41, 5.74) is -0.00989. The molecule has 0 saturated heterocycles. The molecule has 2 aromatic rings. The second-order valence-electron chi connectivity index (χ2n) is 2.89. The number of nitrogens with zero attached hydrogens (tertiary/aromatic N) is 4. The van der Waals surface area contributed by atoms with Gasteiger partial charge in [0.05, 0.1) is 0 Å². The third-order valence-corrected chi connectivity index (χ3v) is 2.54. The molecule has 0 atom stereocenters. The van der Waals surface area contributed by atoms with Gasteiger partial charge in [-0.25, -0.2) is 19.7 Å². The van der Waals surface area contributed by atoms with Crippen LogP contribution in [0, 0.1) is 0 Å². The third kappa shape index (κ3) is 2.03. The molecule has 0 radical (unpaired) electrons. The first kappa shape index (κ1) is 10.6. The Kier molecular flexibility index (Phi) is 2.86. The molecule has 82 valence electrons. The van der Waals surface area contributed by atoms with Crippen molar-refractivity contribution in [1.82, 2.24) is 19.5 Å². The third-order valence-electron chi connectivity index (χ3n) is 1.90. The Bertz CT molecular complexity index is 526. The van der Waals surface area contributed by atoms with Crippen LogP contribution in [0.15, 0.2) is 29.9 Å². The Labute approximate surface area is 95.4 Å². The van der Waals surface area contributed by atoms with Gasteiger partial charge in [0.2, 0.25) is 0 Å². The van der Waals surface area contributed by atoms with Crippen LogP contribution in [-0.4, -0.2) is 36.9 Å². The minimum atomic E-state index is -1.06. The molecule has 0 unspecified atom stereocenters. The SMILES string of the molecule is CSc1cc(-n2cnc(C(=O)O)c2)ncn1. The molecule has 0 aliphatic carbocycles. The van der Waals surface area contributed by atoms with Crippen LogP contribution in [0.2, 0.25) is 0 Å². The predicted octanol–water partition coefficient (Wildman–Crippen LogP) is 1.08. The van der Waals surface area contributed by atoms with Crippen molar-refractivity contribution in [2.75, 3.05) is 6.26 Å². The number of thioether (sulfide) groups is 1. The number of hydrogen-bond acceptors (Lipinski definition) is 5. The summed E-state index contributed by atoms with van der Waals surface area (Å²) >= 11 is 1.49. The van der Waals surface area contributed by atoms with E-state index in [1.165, 1.54) is 30.6 Å². The number of carbonyl (C=O) groups is 1. The average molecular weight is 236 g/mol.